The zero-order chi connectivity index (χ0) is 21.0. The maximum Gasteiger partial charge on any atom is 0.267 e. The Balaban J connectivity index is 1.37. The van der Waals surface area contributed by atoms with Crippen molar-refractivity contribution in [2.24, 2.45) is 0 Å². The number of carbonyl (C=O) groups excluding carboxylic acids is 2. The largest absolute Gasteiger partial charge is 0.478 e. The molecule has 7 heteroatoms. The highest BCUT2D eigenvalue weighted by molar-refractivity contribution is 5.94. The summed E-state index contributed by atoms with van der Waals surface area (Å²) in [4.78, 5) is 31.1. The van der Waals surface area contributed by atoms with Gasteiger partial charge in [0.25, 0.3) is 5.91 Å². The summed E-state index contributed by atoms with van der Waals surface area (Å²) in [6.07, 6.45) is 8.29. The van der Waals surface area contributed by atoms with Crippen molar-refractivity contribution in [2.45, 2.75) is 50.2 Å². The van der Waals surface area contributed by atoms with Gasteiger partial charge in [-0.3, -0.25) is 14.6 Å². The molecule has 1 spiro atoms. The molecule has 1 aliphatic heterocycles. The van der Waals surface area contributed by atoms with Gasteiger partial charge in [-0.1, -0.05) is 25.3 Å². The number of rotatable bonds is 7. The number of likely N-dealkylation sites (tertiary alicyclic amines) is 1. The van der Waals surface area contributed by atoms with E-state index in [1.54, 1.807) is 17.3 Å². The fourth-order valence-corrected chi connectivity index (χ4v) is 4.50. The van der Waals surface area contributed by atoms with E-state index in [4.69, 9.17) is 4.74 Å². The van der Waals surface area contributed by atoms with Crippen molar-refractivity contribution in [3.8, 4) is 5.75 Å². The van der Waals surface area contributed by atoms with Crippen LogP contribution < -0.4 is 10.1 Å². The predicted molar refractivity (Wildman–Crippen MR) is 109 cm³/mol. The number of ether oxygens (including phenoxy) is 1. The Kier molecular flexibility index (Phi) is 5.97. The third-order valence-electron chi connectivity index (χ3n) is 6.06. The number of β-lactam (4-membered cyclic amide) rings is 1. The topological polar surface area (TPSA) is 71.5 Å². The zero-order valence-corrected chi connectivity index (χ0v) is 16.9. The Bertz CT molecular complexity index is 882. The molecule has 1 aromatic heterocycles. The molecule has 0 radical (unpaired) electrons. The molecule has 1 saturated carbocycles. The van der Waals surface area contributed by atoms with E-state index >= 15 is 0 Å². The van der Waals surface area contributed by atoms with Crippen LogP contribution in [0.4, 0.5) is 4.39 Å². The van der Waals surface area contributed by atoms with Crippen molar-refractivity contribution >= 4 is 11.8 Å². The van der Waals surface area contributed by atoms with Crippen molar-refractivity contribution in [2.75, 3.05) is 13.1 Å². The van der Waals surface area contributed by atoms with E-state index in [0.717, 1.165) is 37.7 Å². The van der Waals surface area contributed by atoms with Gasteiger partial charge in [0.1, 0.15) is 18.1 Å². The van der Waals surface area contributed by atoms with Crippen molar-refractivity contribution < 1.29 is 18.7 Å². The van der Waals surface area contributed by atoms with E-state index in [1.165, 1.54) is 24.3 Å². The average molecular weight is 411 g/mol. The van der Waals surface area contributed by atoms with Gasteiger partial charge in [0.05, 0.1) is 5.54 Å². The van der Waals surface area contributed by atoms with Gasteiger partial charge in [0, 0.05) is 18.9 Å². The molecule has 2 heterocycles. The summed E-state index contributed by atoms with van der Waals surface area (Å²) >= 11 is 0. The van der Waals surface area contributed by atoms with Gasteiger partial charge in [-0.15, -0.1) is 0 Å². The monoisotopic (exact) mass is 411 g/mol. The molecule has 1 saturated heterocycles. The number of nitrogens with zero attached hydrogens (tertiary/aromatic N) is 2. The molecule has 1 aromatic carbocycles. The summed E-state index contributed by atoms with van der Waals surface area (Å²) in [6, 6.07) is 9.54. The van der Waals surface area contributed by atoms with Gasteiger partial charge < -0.3 is 15.0 Å². The highest BCUT2D eigenvalue weighted by atomic mass is 19.1. The summed E-state index contributed by atoms with van der Waals surface area (Å²) in [6.45, 7) is 0.532. The lowest BCUT2D eigenvalue weighted by atomic mass is 9.70. The summed E-state index contributed by atoms with van der Waals surface area (Å²) in [5.41, 5.74) is 0.596. The minimum Gasteiger partial charge on any atom is -0.478 e. The van der Waals surface area contributed by atoms with Crippen molar-refractivity contribution in [3.63, 3.8) is 0 Å². The van der Waals surface area contributed by atoms with Crippen LogP contribution in [0.3, 0.4) is 0 Å². The molecule has 2 amide bonds. The van der Waals surface area contributed by atoms with Crippen LogP contribution in [0.2, 0.25) is 0 Å². The van der Waals surface area contributed by atoms with Crippen molar-refractivity contribution in [3.05, 3.63) is 60.2 Å². The first kappa shape index (κ1) is 20.3. The highest BCUT2D eigenvalue weighted by Crippen LogP contribution is 2.45. The molecule has 6 nitrogen and oxygen atoms in total. The summed E-state index contributed by atoms with van der Waals surface area (Å²) in [5.74, 6) is -0.222. The van der Waals surface area contributed by atoms with Crippen LogP contribution in [-0.2, 0) is 16.0 Å². The maximum absolute atomic E-state index is 13.2. The summed E-state index contributed by atoms with van der Waals surface area (Å²) < 4.78 is 19.1. The second-order valence-electron chi connectivity index (χ2n) is 8.00. The number of hydrogen-bond donors (Lipinski definition) is 1. The Morgan fingerprint density at radius 1 is 1.20 bits per heavy atom. The number of nitrogens with one attached hydrogen (secondary N) is 1. The van der Waals surface area contributed by atoms with Gasteiger partial charge in [0.15, 0.2) is 6.10 Å². The van der Waals surface area contributed by atoms with Crippen LogP contribution in [0.5, 0.6) is 5.75 Å². The Labute approximate surface area is 175 Å². The Morgan fingerprint density at radius 2 is 1.97 bits per heavy atom. The Morgan fingerprint density at radius 3 is 2.67 bits per heavy atom. The van der Waals surface area contributed by atoms with Crippen molar-refractivity contribution in [1.82, 2.24) is 15.2 Å². The number of carbonyl (C=O) groups is 2. The molecule has 1 atom stereocenters. The molecular weight excluding hydrogens is 385 g/mol. The summed E-state index contributed by atoms with van der Waals surface area (Å²) in [7, 11) is 0. The minimum absolute atomic E-state index is 0.0369. The number of halogens is 1. The minimum atomic E-state index is -0.619. The molecule has 1 N–H and O–H groups in total. The van der Waals surface area contributed by atoms with Gasteiger partial charge in [0.2, 0.25) is 5.91 Å². The van der Waals surface area contributed by atoms with Gasteiger partial charge in [-0.05, 0) is 55.2 Å². The van der Waals surface area contributed by atoms with Gasteiger partial charge in [-0.2, -0.15) is 0 Å². The smallest absolute Gasteiger partial charge is 0.267 e. The lowest BCUT2D eigenvalue weighted by molar-refractivity contribution is -0.187. The highest BCUT2D eigenvalue weighted by Gasteiger charge is 2.62. The fourth-order valence-electron chi connectivity index (χ4n) is 4.50. The second kappa shape index (κ2) is 8.81. The molecular formula is C23H26FN3O3. The molecule has 2 fully saturated rings. The molecule has 2 aromatic rings. The summed E-state index contributed by atoms with van der Waals surface area (Å²) in [5, 5.41) is 2.90. The van der Waals surface area contributed by atoms with E-state index in [-0.39, 0.29) is 24.2 Å². The number of aromatic nitrogens is 1. The van der Waals surface area contributed by atoms with Crippen LogP contribution in [0.1, 0.15) is 37.7 Å². The Hall–Kier alpha value is -2.96. The normalized spacial score (nSPS) is 20.0. The third kappa shape index (κ3) is 4.15. The molecule has 0 bridgehead atoms. The molecule has 30 heavy (non-hydrogen) atoms. The standard InChI is InChI=1S/C23H26FN3O3/c24-18-6-8-19(9-7-18)30-21-22(29)27(23(21)11-2-1-3-12-23)16-20(28)26-14-10-17-5-4-13-25-15-17/h4-9,13,15,21H,1-3,10-12,14,16H2,(H,26,28). The van der Waals surface area contributed by atoms with Crippen LogP contribution >= 0.6 is 0 Å². The predicted octanol–water partition coefficient (Wildman–Crippen LogP) is 2.87. The first-order valence-electron chi connectivity index (χ1n) is 10.5. The molecule has 158 valence electrons. The lowest BCUT2D eigenvalue weighted by Crippen LogP contribution is -2.77. The van der Waals surface area contributed by atoms with Crippen LogP contribution in [-0.4, -0.2) is 46.4 Å². The van der Waals surface area contributed by atoms with Gasteiger partial charge >= 0.3 is 0 Å². The molecule has 1 aliphatic carbocycles. The lowest BCUT2D eigenvalue weighted by Gasteiger charge is -2.58. The number of hydrogen-bond acceptors (Lipinski definition) is 4. The number of pyridine rings is 1. The molecule has 1 unspecified atom stereocenters. The molecule has 2 aliphatic rings. The van der Waals surface area contributed by atoms with Crippen LogP contribution in [0.25, 0.3) is 0 Å². The number of amides is 2. The molecule has 4 rings (SSSR count). The van der Waals surface area contributed by atoms with Crippen molar-refractivity contribution in [1.29, 1.82) is 0 Å². The quantitative estimate of drug-likeness (QED) is 0.712. The van der Waals surface area contributed by atoms with E-state index in [1.807, 2.05) is 12.1 Å². The average Bonchev–Trinajstić information content (AvgIpc) is 2.78. The van der Waals surface area contributed by atoms with Crippen LogP contribution in [0.15, 0.2) is 48.8 Å². The first-order chi connectivity index (χ1) is 14.6. The third-order valence-corrected chi connectivity index (χ3v) is 6.06. The van der Waals surface area contributed by atoms with E-state index in [0.29, 0.717) is 18.7 Å². The fraction of sp³-hybridized carbons (Fsp3) is 0.435. The zero-order valence-electron chi connectivity index (χ0n) is 16.9. The second-order valence-corrected chi connectivity index (χ2v) is 8.00. The van der Waals surface area contributed by atoms with E-state index in [2.05, 4.69) is 10.3 Å². The SMILES string of the molecule is O=C(CN1C(=O)C(Oc2ccc(F)cc2)C12CCCCC2)NCCc1cccnc1. The van der Waals surface area contributed by atoms with E-state index in [9.17, 15) is 14.0 Å². The first-order valence-corrected chi connectivity index (χ1v) is 10.5. The van der Waals surface area contributed by atoms with Crippen LogP contribution in [0, 0.1) is 5.82 Å². The van der Waals surface area contributed by atoms with E-state index < -0.39 is 11.6 Å². The number of benzene rings is 1. The van der Waals surface area contributed by atoms with Gasteiger partial charge in [-0.25, -0.2) is 4.39 Å². The maximum atomic E-state index is 13.2.